The molecule has 1 aliphatic heterocycles. The van der Waals surface area contributed by atoms with E-state index in [9.17, 15) is 43.2 Å². The summed E-state index contributed by atoms with van der Waals surface area (Å²) in [5, 5.41) is 45.2. The summed E-state index contributed by atoms with van der Waals surface area (Å²) >= 11 is 6.84. The molecule has 0 aromatic heterocycles. The molecule has 4 aliphatic rings. The molecule has 3 aliphatic carbocycles. The Morgan fingerprint density at radius 3 is 2.43 bits per heavy atom. The molecule has 2 fully saturated rings. The summed E-state index contributed by atoms with van der Waals surface area (Å²) < 4.78 is 23.9. The number of sulfone groups is 1. The zero-order valence-corrected chi connectivity index (χ0v) is 25.2. The summed E-state index contributed by atoms with van der Waals surface area (Å²) in [5.74, 6) is -7.34. The number of fused-ring (bicyclic) bond motifs is 3. The third-order valence-corrected chi connectivity index (χ3v) is 12.2. The molecule has 1 aromatic carbocycles. The predicted molar refractivity (Wildman–Crippen MR) is 152 cm³/mol. The molecule has 1 amide bonds. The Kier molecular flexibility index (Phi) is 7.10. The average molecular weight is 624 g/mol. The fraction of sp³-hybridized carbons (Fsp3) is 0.536. The number of nitrogens with zero attached hydrogens (tertiary/aromatic N) is 2. The maximum absolute atomic E-state index is 13.9. The van der Waals surface area contributed by atoms with E-state index in [-0.39, 0.29) is 60.1 Å². The Balaban J connectivity index is 1.59. The van der Waals surface area contributed by atoms with Crippen LogP contribution in [0.2, 0.25) is 5.02 Å². The van der Waals surface area contributed by atoms with Gasteiger partial charge in [-0.05, 0) is 63.9 Å². The van der Waals surface area contributed by atoms with Crippen molar-refractivity contribution in [3.05, 3.63) is 44.7 Å². The van der Waals surface area contributed by atoms with E-state index < -0.39 is 72.6 Å². The normalized spacial score (nSPS) is 30.7. The number of primary amides is 1. The summed E-state index contributed by atoms with van der Waals surface area (Å²) in [6.45, 7) is 4.07. The number of aromatic hydroxyl groups is 1. The molecule has 5 rings (SSSR count). The molecule has 14 heteroatoms. The van der Waals surface area contributed by atoms with Gasteiger partial charge in [-0.15, -0.1) is 0 Å². The molecule has 0 unspecified atom stereocenters. The van der Waals surface area contributed by atoms with Crippen LogP contribution < -0.4 is 5.73 Å². The Hall–Kier alpha value is -2.97. The number of carbonyl (C=O) groups excluding carboxylic acids is 3. The number of rotatable bonds is 4. The molecule has 0 radical (unpaired) electrons. The molecule has 1 saturated heterocycles. The number of aliphatic hydroxyl groups excluding tert-OH is 2. The number of ketones is 2. The summed E-state index contributed by atoms with van der Waals surface area (Å²) in [5.41, 5.74) is 2.26. The van der Waals surface area contributed by atoms with Gasteiger partial charge in [-0.25, -0.2) is 8.42 Å². The first-order valence-corrected chi connectivity index (χ1v) is 15.5. The van der Waals surface area contributed by atoms with Gasteiger partial charge in [-0.3, -0.25) is 24.2 Å². The van der Waals surface area contributed by atoms with Gasteiger partial charge in [0.1, 0.15) is 22.8 Å². The third-order valence-electron chi connectivity index (χ3n) is 9.25. The molecule has 0 spiro atoms. The second-order valence-corrected chi connectivity index (χ2v) is 15.6. The monoisotopic (exact) mass is 623 g/mol. The predicted octanol–water partition coefficient (Wildman–Crippen LogP) is 0.626. The van der Waals surface area contributed by atoms with Crippen LogP contribution in [0.15, 0.2) is 23.0 Å². The van der Waals surface area contributed by atoms with E-state index in [1.54, 1.807) is 13.8 Å². The number of likely N-dealkylation sites (N-methyl/N-ethyl adjacent to an activating group) is 1. The van der Waals surface area contributed by atoms with Crippen molar-refractivity contribution in [3.8, 4) is 5.75 Å². The van der Waals surface area contributed by atoms with Crippen molar-refractivity contribution in [2.45, 2.75) is 49.6 Å². The van der Waals surface area contributed by atoms with Gasteiger partial charge in [0.05, 0.1) is 22.1 Å². The number of phenolic OH excluding ortho intramolecular Hbond substituents is 1. The largest absolute Gasteiger partial charge is 0.508 e. The standard InChI is InChI=1S/C28H34ClN3O9S/c1-27(2)11-32(5-6-42(27,40)41)10-13-9-16(33)18-14(20(13)29)7-12-8-15-21(31(3)4)23(35)19(26(30)38)25(37)28(15,39)24(36)17(12)22(18)34/h9,12,15,21,33-34,37,39H,5-8,10-11H2,1-4H3,(H2,30,38)/t12-,15-,21-,28-/m0/s1. The Labute approximate surface area is 248 Å². The molecule has 6 N–H and O–H groups in total. The zero-order chi connectivity index (χ0) is 31.3. The van der Waals surface area contributed by atoms with Gasteiger partial charge in [0.2, 0.25) is 5.78 Å². The van der Waals surface area contributed by atoms with Crippen molar-refractivity contribution in [2.24, 2.45) is 17.6 Å². The van der Waals surface area contributed by atoms with Crippen LogP contribution >= 0.6 is 11.6 Å². The first kappa shape index (κ1) is 30.5. The van der Waals surface area contributed by atoms with Crippen LogP contribution in [0.5, 0.6) is 5.75 Å². The Morgan fingerprint density at radius 2 is 1.86 bits per heavy atom. The van der Waals surface area contributed by atoms with E-state index in [2.05, 4.69) is 0 Å². The van der Waals surface area contributed by atoms with Crippen LogP contribution in [0.25, 0.3) is 5.76 Å². The molecular weight excluding hydrogens is 590 g/mol. The van der Waals surface area contributed by atoms with Crippen molar-refractivity contribution >= 4 is 44.7 Å². The molecule has 1 aromatic rings. The van der Waals surface area contributed by atoms with Crippen LogP contribution in [-0.4, -0.2) is 105 Å². The van der Waals surface area contributed by atoms with Crippen molar-refractivity contribution in [1.29, 1.82) is 0 Å². The number of amides is 1. The SMILES string of the molecule is CN(C)[C@@H]1C(=O)C(C(N)=O)=C(O)[C@@]2(O)C(=O)C3=C(O)c4c(O)cc(CN5CCS(=O)(=O)C(C)(C)C5)c(Cl)c4C[C@H]3C[C@@H]12. The minimum Gasteiger partial charge on any atom is -0.508 e. The number of carbonyl (C=O) groups is 3. The van der Waals surface area contributed by atoms with E-state index in [4.69, 9.17) is 17.3 Å². The second-order valence-electron chi connectivity index (χ2n) is 12.5. The summed E-state index contributed by atoms with van der Waals surface area (Å²) in [7, 11) is -0.217. The van der Waals surface area contributed by atoms with Crippen LogP contribution in [0.4, 0.5) is 0 Å². The molecule has 1 heterocycles. The summed E-state index contributed by atoms with van der Waals surface area (Å²) in [6, 6.07) is 0.166. The van der Waals surface area contributed by atoms with Gasteiger partial charge in [-0.2, -0.15) is 0 Å². The van der Waals surface area contributed by atoms with Crippen LogP contribution in [0.3, 0.4) is 0 Å². The zero-order valence-electron chi connectivity index (χ0n) is 23.6. The minimum absolute atomic E-state index is 0.0273. The molecule has 4 atom stereocenters. The first-order chi connectivity index (χ1) is 19.3. The molecule has 228 valence electrons. The van der Waals surface area contributed by atoms with E-state index in [1.165, 1.54) is 25.1 Å². The van der Waals surface area contributed by atoms with E-state index in [0.29, 0.717) is 11.1 Å². The molecule has 12 nitrogen and oxygen atoms in total. The number of hydrogen-bond acceptors (Lipinski definition) is 11. The average Bonchev–Trinajstić information content (AvgIpc) is 2.86. The number of aliphatic hydroxyl groups is 3. The van der Waals surface area contributed by atoms with Crippen molar-refractivity contribution < 1.29 is 43.2 Å². The van der Waals surface area contributed by atoms with Gasteiger partial charge in [0.25, 0.3) is 5.91 Å². The topological polar surface area (TPSA) is 199 Å². The van der Waals surface area contributed by atoms with Gasteiger partial charge in [-0.1, -0.05) is 11.6 Å². The van der Waals surface area contributed by atoms with Crippen LogP contribution in [0.1, 0.15) is 37.0 Å². The van der Waals surface area contributed by atoms with Crippen molar-refractivity contribution in [2.75, 3.05) is 32.9 Å². The first-order valence-electron chi connectivity index (χ1n) is 13.5. The van der Waals surface area contributed by atoms with E-state index in [0.717, 1.165) is 0 Å². The highest BCUT2D eigenvalue weighted by Gasteiger charge is 2.64. The highest BCUT2D eigenvalue weighted by Crippen LogP contribution is 2.53. The van der Waals surface area contributed by atoms with Gasteiger partial charge in [0, 0.05) is 36.1 Å². The highest BCUT2D eigenvalue weighted by molar-refractivity contribution is 7.92. The fourth-order valence-corrected chi connectivity index (χ4v) is 8.80. The number of Topliss-reactive ketones (excluding diaryl/α,β-unsaturated/α-hetero) is 2. The molecule has 0 bridgehead atoms. The van der Waals surface area contributed by atoms with Crippen molar-refractivity contribution in [3.63, 3.8) is 0 Å². The second kappa shape index (κ2) is 9.78. The summed E-state index contributed by atoms with van der Waals surface area (Å²) in [6.07, 6.45) is 0.0138. The fourth-order valence-electron chi connectivity index (χ4n) is 7.08. The van der Waals surface area contributed by atoms with Gasteiger partial charge in [0.15, 0.2) is 21.2 Å². The third kappa shape index (κ3) is 4.20. The highest BCUT2D eigenvalue weighted by atomic mass is 35.5. The number of phenols is 1. The Bertz CT molecular complexity index is 1610. The molecule has 1 saturated carbocycles. The van der Waals surface area contributed by atoms with E-state index >= 15 is 0 Å². The minimum atomic E-state index is -3.28. The number of benzene rings is 1. The lowest BCUT2D eigenvalue weighted by atomic mass is 9.57. The summed E-state index contributed by atoms with van der Waals surface area (Å²) in [4.78, 5) is 42.6. The van der Waals surface area contributed by atoms with E-state index in [1.807, 2.05) is 4.90 Å². The van der Waals surface area contributed by atoms with Crippen LogP contribution in [-0.2, 0) is 37.2 Å². The lowest BCUT2D eigenvalue weighted by molar-refractivity contribution is -0.153. The maximum Gasteiger partial charge on any atom is 0.255 e. The number of nitrogens with two attached hydrogens (primary N) is 1. The Morgan fingerprint density at radius 1 is 1.21 bits per heavy atom. The quantitative estimate of drug-likeness (QED) is 0.295. The number of hydrogen-bond donors (Lipinski definition) is 5. The lowest BCUT2D eigenvalue weighted by Gasteiger charge is -2.50. The van der Waals surface area contributed by atoms with Gasteiger partial charge >= 0.3 is 0 Å². The smallest absolute Gasteiger partial charge is 0.255 e. The maximum atomic E-state index is 13.9. The van der Waals surface area contributed by atoms with Crippen molar-refractivity contribution in [1.82, 2.24) is 9.80 Å². The van der Waals surface area contributed by atoms with Gasteiger partial charge < -0.3 is 26.2 Å². The lowest BCUT2D eigenvalue weighted by Crippen LogP contribution is -2.65. The molecule has 42 heavy (non-hydrogen) atoms. The van der Waals surface area contributed by atoms with Crippen LogP contribution in [0, 0.1) is 11.8 Å². The number of halogens is 1. The molecular formula is C28H34ClN3O9S.